The van der Waals surface area contributed by atoms with Gasteiger partial charge in [0.1, 0.15) is 0 Å². The zero-order valence-electron chi connectivity index (χ0n) is 10.3. The maximum atomic E-state index is 4.50. The Kier molecular flexibility index (Phi) is 2.50. The second-order valence-electron chi connectivity index (χ2n) is 5.20. The summed E-state index contributed by atoms with van der Waals surface area (Å²) in [5.41, 5.74) is 2.13. The lowest BCUT2D eigenvalue weighted by atomic mass is 10.1. The van der Waals surface area contributed by atoms with Crippen LogP contribution in [0.2, 0.25) is 0 Å². The van der Waals surface area contributed by atoms with Crippen LogP contribution in [0.4, 0.5) is 5.95 Å². The van der Waals surface area contributed by atoms with Gasteiger partial charge >= 0.3 is 0 Å². The molecule has 4 nitrogen and oxygen atoms in total. The monoisotopic (exact) mass is 230 g/mol. The number of rotatable bonds is 2. The van der Waals surface area contributed by atoms with Crippen LogP contribution in [0.1, 0.15) is 31.7 Å². The van der Waals surface area contributed by atoms with Crippen LogP contribution < -0.4 is 5.32 Å². The highest BCUT2D eigenvalue weighted by Crippen LogP contribution is 2.26. The molecule has 1 saturated carbocycles. The summed E-state index contributed by atoms with van der Waals surface area (Å²) in [4.78, 5) is 4.50. The second-order valence-corrected chi connectivity index (χ2v) is 5.20. The van der Waals surface area contributed by atoms with E-state index in [1.165, 1.54) is 24.8 Å². The lowest BCUT2D eigenvalue weighted by molar-refractivity contribution is 0.601. The molecule has 3 rings (SSSR count). The summed E-state index contributed by atoms with van der Waals surface area (Å²) < 4.78 is 1.83. The highest BCUT2D eigenvalue weighted by molar-refractivity contribution is 5.45. The molecule has 2 unspecified atom stereocenters. The van der Waals surface area contributed by atoms with E-state index in [9.17, 15) is 0 Å². The zero-order chi connectivity index (χ0) is 11.8. The smallest absolute Gasteiger partial charge is 0.243 e. The first-order valence-corrected chi connectivity index (χ1v) is 6.30. The van der Waals surface area contributed by atoms with Gasteiger partial charge < -0.3 is 5.32 Å². The van der Waals surface area contributed by atoms with E-state index in [1.54, 1.807) is 0 Å². The van der Waals surface area contributed by atoms with Crippen molar-refractivity contribution in [2.45, 2.75) is 39.2 Å². The van der Waals surface area contributed by atoms with Gasteiger partial charge in [-0.3, -0.25) is 0 Å². The average molecular weight is 230 g/mol. The van der Waals surface area contributed by atoms with Crippen LogP contribution in [-0.4, -0.2) is 20.6 Å². The predicted molar refractivity (Wildman–Crippen MR) is 68.1 cm³/mol. The molecule has 90 valence electrons. The van der Waals surface area contributed by atoms with E-state index >= 15 is 0 Å². The van der Waals surface area contributed by atoms with Crippen molar-refractivity contribution in [3.8, 4) is 0 Å². The molecule has 2 heterocycles. The van der Waals surface area contributed by atoms with Gasteiger partial charge in [0.05, 0.1) is 0 Å². The first kappa shape index (κ1) is 10.6. The fourth-order valence-corrected chi connectivity index (χ4v) is 2.57. The van der Waals surface area contributed by atoms with E-state index in [0.717, 1.165) is 17.5 Å². The van der Waals surface area contributed by atoms with Gasteiger partial charge in [-0.15, -0.1) is 5.10 Å². The molecule has 0 spiro atoms. The Morgan fingerprint density at radius 3 is 3.06 bits per heavy atom. The Balaban J connectivity index is 1.81. The SMILES string of the molecule is Cc1ccn2nc(NC3CCC(C)C3)nc2c1. The molecule has 1 aliphatic carbocycles. The Morgan fingerprint density at radius 2 is 2.29 bits per heavy atom. The molecule has 4 heteroatoms. The maximum absolute atomic E-state index is 4.50. The second kappa shape index (κ2) is 4.02. The van der Waals surface area contributed by atoms with Gasteiger partial charge in [0.2, 0.25) is 5.95 Å². The number of hydrogen-bond acceptors (Lipinski definition) is 3. The fourth-order valence-electron chi connectivity index (χ4n) is 2.57. The number of anilines is 1. The summed E-state index contributed by atoms with van der Waals surface area (Å²) >= 11 is 0. The van der Waals surface area contributed by atoms with Crippen molar-refractivity contribution in [3.63, 3.8) is 0 Å². The van der Waals surface area contributed by atoms with Gasteiger partial charge in [-0.05, 0) is 49.8 Å². The van der Waals surface area contributed by atoms with Crippen LogP contribution in [0.15, 0.2) is 18.3 Å². The largest absolute Gasteiger partial charge is 0.350 e. The number of aryl methyl sites for hydroxylation is 1. The summed E-state index contributed by atoms with van der Waals surface area (Å²) in [5.74, 6) is 1.58. The topological polar surface area (TPSA) is 42.2 Å². The number of fused-ring (bicyclic) bond motifs is 1. The van der Waals surface area contributed by atoms with E-state index in [0.29, 0.717) is 6.04 Å². The molecule has 0 radical (unpaired) electrons. The first-order chi connectivity index (χ1) is 8.20. The number of nitrogens with one attached hydrogen (secondary N) is 1. The summed E-state index contributed by atoms with van der Waals surface area (Å²) in [5, 5.41) is 7.87. The van der Waals surface area contributed by atoms with Gasteiger partial charge in [-0.1, -0.05) is 6.92 Å². The lowest BCUT2D eigenvalue weighted by Gasteiger charge is -2.09. The van der Waals surface area contributed by atoms with E-state index in [2.05, 4.69) is 35.3 Å². The van der Waals surface area contributed by atoms with Crippen molar-refractivity contribution in [2.24, 2.45) is 5.92 Å². The number of aromatic nitrogens is 3. The molecule has 0 amide bonds. The van der Waals surface area contributed by atoms with Crippen molar-refractivity contribution in [1.82, 2.24) is 14.6 Å². The van der Waals surface area contributed by atoms with Crippen LogP contribution in [0.3, 0.4) is 0 Å². The molecule has 0 saturated heterocycles. The third-order valence-electron chi connectivity index (χ3n) is 3.52. The molecular weight excluding hydrogens is 212 g/mol. The molecule has 0 bridgehead atoms. The third-order valence-corrected chi connectivity index (χ3v) is 3.52. The van der Waals surface area contributed by atoms with Crippen LogP contribution in [0, 0.1) is 12.8 Å². The van der Waals surface area contributed by atoms with Gasteiger partial charge in [0.15, 0.2) is 5.65 Å². The molecule has 2 aromatic rings. The quantitative estimate of drug-likeness (QED) is 0.862. The molecule has 2 atom stereocenters. The Morgan fingerprint density at radius 1 is 1.41 bits per heavy atom. The molecule has 1 N–H and O–H groups in total. The third kappa shape index (κ3) is 2.12. The minimum atomic E-state index is 0.545. The zero-order valence-corrected chi connectivity index (χ0v) is 10.3. The Labute approximate surface area is 101 Å². The normalized spacial score (nSPS) is 24.4. The molecule has 0 aromatic carbocycles. The van der Waals surface area contributed by atoms with Crippen LogP contribution in [0.25, 0.3) is 5.65 Å². The molecule has 2 aromatic heterocycles. The molecule has 17 heavy (non-hydrogen) atoms. The minimum absolute atomic E-state index is 0.545. The van der Waals surface area contributed by atoms with Crippen molar-refractivity contribution in [1.29, 1.82) is 0 Å². The molecule has 1 aliphatic rings. The summed E-state index contributed by atoms with van der Waals surface area (Å²) in [6.45, 7) is 4.38. The van der Waals surface area contributed by atoms with Crippen molar-refractivity contribution >= 4 is 11.6 Å². The van der Waals surface area contributed by atoms with E-state index < -0.39 is 0 Å². The van der Waals surface area contributed by atoms with Crippen LogP contribution >= 0.6 is 0 Å². The number of pyridine rings is 1. The summed E-state index contributed by atoms with van der Waals surface area (Å²) in [6.07, 6.45) is 5.73. The highest BCUT2D eigenvalue weighted by atomic mass is 15.3. The molecule has 0 aliphatic heterocycles. The lowest BCUT2D eigenvalue weighted by Crippen LogP contribution is -2.16. The fraction of sp³-hybridized carbons (Fsp3) is 0.538. The first-order valence-electron chi connectivity index (χ1n) is 6.30. The van der Waals surface area contributed by atoms with Crippen molar-refractivity contribution in [2.75, 3.05) is 5.32 Å². The van der Waals surface area contributed by atoms with E-state index in [4.69, 9.17) is 0 Å². The van der Waals surface area contributed by atoms with Crippen LogP contribution in [-0.2, 0) is 0 Å². The Bertz CT molecular complexity index is 531. The van der Waals surface area contributed by atoms with Gasteiger partial charge in [0.25, 0.3) is 0 Å². The molecule has 1 fully saturated rings. The molecular formula is C13H18N4. The van der Waals surface area contributed by atoms with E-state index in [-0.39, 0.29) is 0 Å². The Hall–Kier alpha value is -1.58. The number of hydrogen-bond donors (Lipinski definition) is 1. The standard InChI is InChI=1S/C13H18N4/c1-9-3-4-11(7-9)14-13-15-12-8-10(2)5-6-17(12)16-13/h5-6,8-9,11H,3-4,7H2,1-2H3,(H,14,16). The predicted octanol–water partition coefficient (Wildman–Crippen LogP) is 2.64. The van der Waals surface area contributed by atoms with Gasteiger partial charge in [0, 0.05) is 12.2 Å². The van der Waals surface area contributed by atoms with Gasteiger partial charge in [-0.2, -0.15) is 4.98 Å². The average Bonchev–Trinajstić information content (AvgIpc) is 2.84. The van der Waals surface area contributed by atoms with Crippen molar-refractivity contribution in [3.05, 3.63) is 23.9 Å². The summed E-state index contributed by atoms with van der Waals surface area (Å²) in [7, 11) is 0. The van der Waals surface area contributed by atoms with Crippen LogP contribution in [0.5, 0.6) is 0 Å². The van der Waals surface area contributed by atoms with Crippen molar-refractivity contribution < 1.29 is 0 Å². The number of nitrogens with zero attached hydrogens (tertiary/aromatic N) is 3. The highest BCUT2D eigenvalue weighted by Gasteiger charge is 2.22. The summed E-state index contributed by atoms with van der Waals surface area (Å²) in [6, 6.07) is 4.64. The van der Waals surface area contributed by atoms with E-state index in [1.807, 2.05) is 16.8 Å². The van der Waals surface area contributed by atoms with Gasteiger partial charge in [-0.25, -0.2) is 4.52 Å². The maximum Gasteiger partial charge on any atom is 0.243 e. The minimum Gasteiger partial charge on any atom is -0.350 e.